The van der Waals surface area contributed by atoms with E-state index in [1.807, 2.05) is 0 Å². The summed E-state index contributed by atoms with van der Waals surface area (Å²) in [6.45, 7) is 1.64. The molecule has 0 spiro atoms. The van der Waals surface area contributed by atoms with Crippen molar-refractivity contribution in [2.45, 2.75) is 37.3 Å². The van der Waals surface area contributed by atoms with Gasteiger partial charge < -0.3 is 26.0 Å². The topological polar surface area (TPSA) is 119 Å². The van der Waals surface area contributed by atoms with Gasteiger partial charge in [0.15, 0.2) is 0 Å². The lowest BCUT2D eigenvalue weighted by Crippen LogP contribution is -2.66. The summed E-state index contributed by atoms with van der Waals surface area (Å²) in [5, 5.41) is 36.2. The fraction of sp³-hybridized carbons (Fsp3) is 0.538. The number of hydrogen-bond donors (Lipinski definition) is 5. The second-order valence-electron chi connectivity index (χ2n) is 5.05. The van der Waals surface area contributed by atoms with Crippen molar-refractivity contribution < 1.29 is 24.9 Å². The first-order chi connectivity index (χ1) is 9.91. The van der Waals surface area contributed by atoms with Crippen LogP contribution >= 0.6 is 11.3 Å². The molecule has 5 N–H and O–H groups in total. The molecule has 1 amide bonds. The number of carbonyl (C=O) groups excluding carboxylic acids is 2. The SMILES string of the molecule is C[C@@H]1N[C@H](CNC(=O)C(=O)c2cccs2)[C@@H](O)[C@H](O)[C@@H]1O. The largest absolute Gasteiger partial charge is 0.389 e. The molecule has 1 saturated heterocycles. The Kier molecular flexibility index (Phi) is 5.07. The van der Waals surface area contributed by atoms with Crippen molar-refractivity contribution in [3.8, 4) is 0 Å². The minimum Gasteiger partial charge on any atom is -0.389 e. The average molecular weight is 314 g/mol. The molecular weight excluding hydrogens is 296 g/mol. The van der Waals surface area contributed by atoms with E-state index in [-0.39, 0.29) is 6.54 Å². The summed E-state index contributed by atoms with van der Waals surface area (Å²) < 4.78 is 0. The minimum absolute atomic E-state index is 0.0226. The van der Waals surface area contributed by atoms with Crippen LogP contribution in [0.5, 0.6) is 0 Å². The number of hydrogen-bond acceptors (Lipinski definition) is 7. The zero-order chi connectivity index (χ0) is 15.6. The van der Waals surface area contributed by atoms with Crippen LogP contribution in [0.15, 0.2) is 17.5 Å². The van der Waals surface area contributed by atoms with Crippen LogP contribution in [0, 0.1) is 0 Å². The average Bonchev–Trinajstić information content (AvgIpc) is 3.00. The van der Waals surface area contributed by atoms with E-state index < -0.39 is 42.1 Å². The molecule has 1 aliphatic heterocycles. The summed E-state index contributed by atoms with van der Waals surface area (Å²) in [7, 11) is 0. The molecule has 2 rings (SSSR count). The predicted molar refractivity (Wildman–Crippen MR) is 76.1 cm³/mol. The van der Waals surface area contributed by atoms with E-state index in [9.17, 15) is 24.9 Å². The molecule has 8 heteroatoms. The number of ketones is 1. The highest BCUT2D eigenvalue weighted by molar-refractivity contribution is 7.13. The van der Waals surface area contributed by atoms with Crippen LogP contribution in [0.25, 0.3) is 0 Å². The fourth-order valence-electron chi connectivity index (χ4n) is 2.25. The van der Waals surface area contributed by atoms with Crippen LogP contribution in [0.2, 0.25) is 0 Å². The van der Waals surface area contributed by atoms with Crippen LogP contribution in [0.3, 0.4) is 0 Å². The van der Waals surface area contributed by atoms with Crippen LogP contribution in [-0.4, -0.2) is 64.0 Å². The molecule has 0 aliphatic carbocycles. The number of nitrogens with one attached hydrogen (secondary N) is 2. The Morgan fingerprint density at radius 1 is 1.29 bits per heavy atom. The van der Waals surface area contributed by atoms with Gasteiger partial charge in [-0.25, -0.2) is 0 Å². The number of amides is 1. The van der Waals surface area contributed by atoms with Crippen molar-refractivity contribution in [2.24, 2.45) is 0 Å². The Balaban J connectivity index is 1.90. The lowest BCUT2D eigenvalue weighted by atomic mass is 9.91. The Hall–Kier alpha value is -1.32. The summed E-state index contributed by atoms with van der Waals surface area (Å²) in [6, 6.07) is 2.16. The smallest absolute Gasteiger partial charge is 0.293 e. The van der Waals surface area contributed by atoms with Gasteiger partial charge in [-0.15, -0.1) is 11.3 Å². The van der Waals surface area contributed by atoms with Gasteiger partial charge in [0.25, 0.3) is 11.7 Å². The third-order valence-corrected chi connectivity index (χ3v) is 4.40. The molecule has 1 fully saturated rings. The number of Topliss-reactive ketones (excluding diaryl/α,β-unsaturated/α-hetero) is 1. The highest BCUT2D eigenvalue weighted by Gasteiger charge is 2.40. The van der Waals surface area contributed by atoms with Crippen molar-refractivity contribution in [3.63, 3.8) is 0 Å². The van der Waals surface area contributed by atoms with Crippen molar-refractivity contribution in [2.75, 3.05) is 6.54 Å². The summed E-state index contributed by atoms with van der Waals surface area (Å²) in [4.78, 5) is 23.9. The molecule has 2 heterocycles. The molecule has 0 saturated carbocycles. The Morgan fingerprint density at radius 2 is 2.00 bits per heavy atom. The molecule has 1 aliphatic rings. The first kappa shape index (κ1) is 16.1. The summed E-state index contributed by atoms with van der Waals surface area (Å²) in [6.07, 6.45) is -3.61. The van der Waals surface area contributed by atoms with Crippen molar-refractivity contribution in [1.82, 2.24) is 10.6 Å². The van der Waals surface area contributed by atoms with Crippen LogP contribution < -0.4 is 10.6 Å². The minimum atomic E-state index is -1.30. The molecule has 0 aromatic carbocycles. The van der Waals surface area contributed by atoms with Crippen LogP contribution in [0.4, 0.5) is 0 Å². The summed E-state index contributed by atoms with van der Waals surface area (Å²) in [5.74, 6) is -1.40. The summed E-state index contributed by atoms with van der Waals surface area (Å²) in [5.41, 5.74) is 0. The third kappa shape index (κ3) is 3.47. The van der Waals surface area contributed by atoms with Crippen molar-refractivity contribution in [1.29, 1.82) is 0 Å². The molecule has 1 aromatic rings. The predicted octanol–water partition coefficient (Wildman–Crippen LogP) is -1.51. The van der Waals surface area contributed by atoms with Gasteiger partial charge in [0.05, 0.1) is 23.1 Å². The van der Waals surface area contributed by atoms with E-state index in [2.05, 4.69) is 10.6 Å². The highest BCUT2D eigenvalue weighted by atomic mass is 32.1. The lowest BCUT2D eigenvalue weighted by Gasteiger charge is -2.40. The standard InChI is InChI=1S/C13H18N2O5S/c1-6-9(16)12(19)10(17)7(15-6)5-14-13(20)11(18)8-3-2-4-21-8/h2-4,6-7,9-10,12,15-17,19H,5H2,1H3,(H,14,20)/t6-,7+,9+,10+,12+/m0/s1. The third-order valence-electron chi connectivity index (χ3n) is 3.54. The highest BCUT2D eigenvalue weighted by Crippen LogP contribution is 2.15. The monoisotopic (exact) mass is 314 g/mol. The maximum absolute atomic E-state index is 11.8. The van der Waals surface area contributed by atoms with Gasteiger partial charge in [-0.3, -0.25) is 9.59 Å². The van der Waals surface area contributed by atoms with Crippen LogP contribution in [0.1, 0.15) is 16.6 Å². The molecule has 0 radical (unpaired) electrons. The maximum Gasteiger partial charge on any atom is 0.293 e. The maximum atomic E-state index is 11.8. The van der Waals surface area contributed by atoms with Crippen LogP contribution in [-0.2, 0) is 4.79 Å². The van der Waals surface area contributed by atoms with Gasteiger partial charge in [0.1, 0.15) is 6.10 Å². The fourth-order valence-corrected chi connectivity index (χ4v) is 2.91. The number of aliphatic hydroxyl groups excluding tert-OH is 3. The summed E-state index contributed by atoms with van der Waals surface area (Å²) >= 11 is 1.17. The van der Waals surface area contributed by atoms with Gasteiger partial charge in [-0.05, 0) is 18.4 Å². The Morgan fingerprint density at radius 3 is 2.62 bits per heavy atom. The van der Waals surface area contributed by atoms with Gasteiger partial charge in [0, 0.05) is 12.6 Å². The number of thiophene rings is 1. The molecule has 21 heavy (non-hydrogen) atoms. The number of carbonyl (C=O) groups is 2. The van der Waals surface area contributed by atoms with E-state index in [1.54, 1.807) is 24.4 Å². The molecule has 5 atom stereocenters. The normalized spacial score (nSPS) is 32.7. The molecular formula is C13H18N2O5S. The first-order valence-corrected chi connectivity index (χ1v) is 7.46. The second kappa shape index (κ2) is 6.63. The van der Waals surface area contributed by atoms with E-state index >= 15 is 0 Å². The van der Waals surface area contributed by atoms with Gasteiger partial charge in [-0.1, -0.05) is 6.07 Å². The molecule has 116 valence electrons. The molecule has 7 nitrogen and oxygen atoms in total. The van der Waals surface area contributed by atoms with E-state index in [0.29, 0.717) is 4.88 Å². The quantitative estimate of drug-likeness (QED) is 0.340. The Labute approximate surface area is 125 Å². The number of piperidine rings is 1. The van der Waals surface area contributed by atoms with E-state index in [4.69, 9.17) is 0 Å². The van der Waals surface area contributed by atoms with Crippen molar-refractivity contribution >= 4 is 23.0 Å². The zero-order valence-corrected chi connectivity index (χ0v) is 12.2. The molecule has 0 bridgehead atoms. The lowest BCUT2D eigenvalue weighted by molar-refractivity contribution is -0.120. The second-order valence-corrected chi connectivity index (χ2v) is 6.00. The zero-order valence-electron chi connectivity index (χ0n) is 11.4. The number of rotatable bonds is 4. The molecule has 1 aromatic heterocycles. The van der Waals surface area contributed by atoms with Gasteiger partial charge >= 0.3 is 0 Å². The van der Waals surface area contributed by atoms with E-state index in [0.717, 1.165) is 0 Å². The van der Waals surface area contributed by atoms with Gasteiger partial charge in [0.2, 0.25) is 0 Å². The Bertz CT molecular complexity index is 507. The first-order valence-electron chi connectivity index (χ1n) is 6.58. The number of aliphatic hydroxyl groups is 3. The molecule has 0 unspecified atom stereocenters. The van der Waals surface area contributed by atoms with E-state index in [1.165, 1.54) is 11.3 Å². The van der Waals surface area contributed by atoms with Gasteiger partial charge in [-0.2, -0.15) is 0 Å². The van der Waals surface area contributed by atoms with Crippen molar-refractivity contribution in [3.05, 3.63) is 22.4 Å².